The third-order valence-electron chi connectivity index (χ3n) is 4.91. The van der Waals surface area contributed by atoms with Crippen LogP contribution in [0.3, 0.4) is 0 Å². The van der Waals surface area contributed by atoms with E-state index in [0.29, 0.717) is 31.0 Å². The standard InChI is InChI=1S/C22H25N5O2/c1-15(2)27(3)22-23-18-10-9-17(13-19(18)24-22)21-25-20(29-26-21)14-28-12-11-16-7-5-4-6-8-16/h4-10,13,15H,11-12,14H2,1-3H3,(H,23,24). The summed E-state index contributed by atoms with van der Waals surface area (Å²) in [5.41, 5.74) is 3.97. The molecule has 150 valence electrons. The van der Waals surface area contributed by atoms with Gasteiger partial charge in [0.05, 0.1) is 17.6 Å². The van der Waals surface area contributed by atoms with Gasteiger partial charge in [-0.05, 0) is 44.0 Å². The molecule has 0 fully saturated rings. The molecule has 0 saturated heterocycles. The second-order valence-electron chi connectivity index (χ2n) is 7.30. The van der Waals surface area contributed by atoms with Gasteiger partial charge in [0.15, 0.2) is 0 Å². The van der Waals surface area contributed by atoms with E-state index in [1.807, 2.05) is 43.4 Å². The van der Waals surface area contributed by atoms with Crippen LogP contribution >= 0.6 is 0 Å². The molecule has 0 aliphatic rings. The lowest BCUT2D eigenvalue weighted by Gasteiger charge is -2.19. The number of hydrogen-bond donors (Lipinski definition) is 1. The van der Waals surface area contributed by atoms with Crippen molar-refractivity contribution in [1.29, 1.82) is 0 Å². The van der Waals surface area contributed by atoms with Crippen molar-refractivity contribution < 1.29 is 9.26 Å². The Balaban J connectivity index is 1.40. The Morgan fingerprint density at radius 3 is 2.72 bits per heavy atom. The second kappa shape index (κ2) is 8.45. The van der Waals surface area contributed by atoms with Gasteiger partial charge < -0.3 is 19.1 Å². The van der Waals surface area contributed by atoms with Gasteiger partial charge in [-0.1, -0.05) is 35.5 Å². The predicted octanol–water partition coefficient (Wildman–Crippen LogP) is 4.22. The summed E-state index contributed by atoms with van der Waals surface area (Å²) in [7, 11) is 2.02. The van der Waals surface area contributed by atoms with Crippen molar-refractivity contribution in [3.8, 4) is 11.4 Å². The molecular weight excluding hydrogens is 366 g/mol. The van der Waals surface area contributed by atoms with Crippen molar-refractivity contribution in [3.05, 3.63) is 60.0 Å². The maximum absolute atomic E-state index is 5.68. The highest BCUT2D eigenvalue weighted by Crippen LogP contribution is 2.24. The van der Waals surface area contributed by atoms with Gasteiger partial charge in [-0.3, -0.25) is 0 Å². The summed E-state index contributed by atoms with van der Waals surface area (Å²) in [6.45, 7) is 5.16. The quantitative estimate of drug-likeness (QED) is 0.453. The van der Waals surface area contributed by atoms with Crippen LogP contribution in [0.1, 0.15) is 25.3 Å². The van der Waals surface area contributed by atoms with E-state index >= 15 is 0 Å². The summed E-state index contributed by atoms with van der Waals surface area (Å²) < 4.78 is 11.0. The van der Waals surface area contributed by atoms with E-state index < -0.39 is 0 Å². The zero-order valence-electron chi connectivity index (χ0n) is 16.9. The number of fused-ring (bicyclic) bond motifs is 1. The lowest BCUT2D eigenvalue weighted by atomic mass is 10.2. The van der Waals surface area contributed by atoms with Crippen LogP contribution in [-0.2, 0) is 17.8 Å². The normalized spacial score (nSPS) is 11.4. The number of aromatic nitrogens is 4. The van der Waals surface area contributed by atoms with Crippen LogP contribution in [0.4, 0.5) is 5.95 Å². The van der Waals surface area contributed by atoms with Gasteiger partial charge in [0.2, 0.25) is 11.8 Å². The molecule has 0 bridgehead atoms. The highest BCUT2D eigenvalue weighted by molar-refractivity contribution is 5.82. The van der Waals surface area contributed by atoms with Crippen LogP contribution in [0.5, 0.6) is 0 Å². The fourth-order valence-corrected chi connectivity index (χ4v) is 2.97. The molecule has 0 radical (unpaired) electrons. The number of nitrogens with zero attached hydrogens (tertiary/aromatic N) is 4. The van der Waals surface area contributed by atoms with E-state index in [0.717, 1.165) is 29.0 Å². The van der Waals surface area contributed by atoms with Gasteiger partial charge >= 0.3 is 0 Å². The zero-order valence-corrected chi connectivity index (χ0v) is 16.9. The lowest BCUT2D eigenvalue weighted by molar-refractivity contribution is 0.100. The third-order valence-corrected chi connectivity index (χ3v) is 4.91. The first kappa shape index (κ1) is 19.1. The van der Waals surface area contributed by atoms with Crippen molar-refractivity contribution in [3.63, 3.8) is 0 Å². The number of ether oxygens (including phenoxy) is 1. The molecule has 7 heteroatoms. The summed E-state index contributed by atoms with van der Waals surface area (Å²) in [4.78, 5) is 14.5. The Morgan fingerprint density at radius 2 is 1.93 bits per heavy atom. The summed E-state index contributed by atoms with van der Waals surface area (Å²) in [5.74, 6) is 1.85. The van der Waals surface area contributed by atoms with Gasteiger partial charge in [-0.2, -0.15) is 4.98 Å². The Bertz CT molecular complexity index is 1070. The largest absolute Gasteiger partial charge is 0.371 e. The number of H-pyrrole nitrogens is 1. The van der Waals surface area contributed by atoms with Crippen molar-refractivity contribution in [1.82, 2.24) is 20.1 Å². The molecule has 7 nitrogen and oxygen atoms in total. The molecule has 4 aromatic rings. The van der Waals surface area contributed by atoms with Gasteiger partial charge in [0, 0.05) is 18.7 Å². The van der Waals surface area contributed by atoms with E-state index in [4.69, 9.17) is 9.26 Å². The van der Waals surface area contributed by atoms with Crippen LogP contribution in [0, 0.1) is 0 Å². The summed E-state index contributed by atoms with van der Waals surface area (Å²) in [6, 6.07) is 16.5. The summed E-state index contributed by atoms with van der Waals surface area (Å²) in [6.07, 6.45) is 0.853. The van der Waals surface area contributed by atoms with Crippen molar-refractivity contribution >= 4 is 17.0 Å². The molecule has 1 N–H and O–H groups in total. The minimum absolute atomic E-state index is 0.301. The van der Waals surface area contributed by atoms with E-state index in [1.165, 1.54) is 5.56 Å². The molecule has 0 saturated carbocycles. The van der Waals surface area contributed by atoms with Gasteiger partial charge in [-0.15, -0.1) is 0 Å². The minimum Gasteiger partial charge on any atom is -0.371 e. The average Bonchev–Trinajstić information content (AvgIpc) is 3.37. The first-order valence-electron chi connectivity index (χ1n) is 9.77. The van der Waals surface area contributed by atoms with Crippen LogP contribution in [0.25, 0.3) is 22.4 Å². The van der Waals surface area contributed by atoms with Crippen LogP contribution in [0.15, 0.2) is 53.1 Å². The van der Waals surface area contributed by atoms with Crippen LogP contribution in [0.2, 0.25) is 0 Å². The van der Waals surface area contributed by atoms with Gasteiger partial charge in [0.1, 0.15) is 6.61 Å². The van der Waals surface area contributed by atoms with E-state index in [-0.39, 0.29) is 0 Å². The fourth-order valence-electron chi connectivity index (χ4n) is 2.97. The maximum atomic E-state index is 5.68. The Hall–Kier alpha value is -3.19. The van der Waals surface area contributed by atoms with E-state index in [1.54, 1.807) is 0 Å². The molecule has 4 rings (SSSR count). The van der Waals surface area contributed by atoms with E-state index in [9.17, 15) is 0 Å². The second-order valence-corrected chi connectivity index (χ2v) is 7.30. The molecule has 0 aliphatic heterocycles. The first-order chi connectivity index (χ1) is 14.1. The van der Waals surface area contributed by atoms with Crippen molar-refractivity contribution in [2.45, 2.75) is 32.9 Å². The van der Waals surface area contributed by atoms with Gasteiger partial charge in [0.25, 0.3) is 5.89 Å². The average molecular weight is 391 g/mol. The Labute approximate surface area is 169 Å². The maximum Gasteiger partial charge on any atom is 0.252 e. The SMILES string of the molecule is CC(C)N(C)c1nc2ccc(-c3noc(COCCc4ccccc4)n3)cc2[nH]1. The molecule has 0 unspecified atom stereocenters. The molecule has 2 heterocycles. The molecule has 0 spiro atoms. The molecule has 0 amide bonds. The molecule has 2 aromatic heterocycles. The first-order valence-corrected chi connectivity index (χ1v) is 9.77. The van der Waals surface area contributed by atoms with Crippen molar-refractivity contribution in [2.75, 3.05) is 18.6 Å². The summed E-state index contributed by atoms with van der Waals surface area (Å²) in [5, 5.41) is 4.09. The zero-order chi connectivity index (χ0) is 20.2. The Morgan fingerprint density at radius 1 is 1.10 bits per heavy atom. The van der Waals surface area contributed by atoms with Gasteiger partial charge in [-0.25, -0.2) is 4.98 Å². The molecule has 0 aliphatic carbocycles. The topological polar surface area (TPSA) is 80.1 Å². The fraction of sp³-hybridized carbons (Fsp3) is 0.318. The molecule has 2 aromatic carbocycles. The number of nitrogens with one attached hydrogen (secondary N) is 1. The number of imidazole rings is 1. The van der Waals surface area contributed by atoms with Crippen LogP contribution in [-0.4, -0.2) is 39.8 Å². The van der Waals surface area contributed by atoms with E-state index in [2.05, 4.69) is 51.0 Å². The number of hydrogen-bond acceptors (Lipinski definition) is 6. The smallest absolute Gasteiger partial charge is 0.252 e. The number of aromatic amines is 1. The lowest BCUT2D eigenvalue weighted by Crippen LogP contribution is -2.26. The monoisotopic (exact) mass is 391 g/mol. The van der Waals surface area contributed by atoms with Crippen molar-refractivity contribution in [2.24, 2.45) is 0 Å². The third kappa shape index (κ3) is 4.46. The Kier molecular flexibility index (Phi) is 5.57. The minimum atomic E-state index is 0.301. The highest BCUT2D eigenvalue weighted by Gasteiger charge is 2.13. The predicted molar refractivity (Wildman–Crippen MR) is 113 cm³/mol. The highest BCUT2D eigenvalue weighted by atomic mass is 16.5. The number of rotatable bonds is 8. The number of benzene rings is 2. The molecule has 0 atom stereocenters. The summed E-state index contributed by atoms with van der Waals surface area (Å²) >= 11 is 0. The molecular formula is C22H25N5O2. The molecule has 29 heavy (non-hydrogen) atoms. The van der Waals surface area contributed by atoms with Crippen LogP contribution < -0.4 is 4.90 Å². The number of anilines is 1.